The molecule has 0 heterocycles. The largest absolute Gasteiger partial charge is 0.412 e. The Balaban J connectivity index is 0. The molecule has 0 aromatic heterocycles. The van der Waals surface area contributed by atoms with Crippen LogP contribution in [0.3, 0.4) is 0 Å². The lowest BCUT2D eigenvalue weighted by Gasteiger charge is -1.88. The second kappa shape index (κ2) is 9.00. The Kier molecular flexibility index (Phi) is 10.2. The van der Waals surface area contributed by atoms with E-state index in [2.05, 4.69) is 0 Å². The van der Waals surface area contributed by atoms with Gasteiger partial charge in [-0.2, -0.15) is 0 Å². The molecular weight excluding hydrogens is 223 g/mol. The van der Waals surface area contributed by atoms with Crippen molar-refractivity contribution in [3.8, 4) is 0 Å². The van der Waals surface area contributed by atoms with E-state index in [9.17, 15) is 4.79 Å². The van der Waals surface area contributed by atoms with Crippen LogP contribution >= 0.6 is 23.2 Å². The van der Waals surface area contributed by atoms with Crippen molar-refractivity contribution in [2.24, 2.45) is 5.92 Å². The number of hydrogen-bond donors (Lipinski definition) is 0. The van der Waals surface area contributed by atoms with Crippen LogP contribution in [0.25, 0.3) is 0 Å². The van der Waals surface area contributed by atoms with Gasteiger partial charge in [0.1, 0.15) is 0 Å². The molecule has 1 aromatic carbocycles. The number of hydrogen-bond acceptors (Lipinski definition) is 1. The molecule has 0 aliphatic rings. The van der Waals surface area contributed by atoms with Crippen molar-refractivity contribution in [1.29, 1.82) is 0 Å². The predicted molar refractivity (Wildman–Crippen MR) is 60.8 cm³/mol. The minimum atomic E-state index is -0.269. The fourth-order valence-electron chi connectivity index (χ4n) is 0.415. The maximum atomic E-state index is 9.91. The summed E-state index contributed by atoms with van der Waals surface area (Å²) in [5.41, 5.74) is 0. The van der Waals surface area contributed by atoms with Crippen molar-refractivity contribution >= 4 is 28.4 Å². The van der Waals surface area contributed by atoms with Crippen LogP contribution < -0.4 is 0 Å². The van der Waals surface area contributed by atoms with E-state index in [1.54, 1.807) is 13.8 Å². The molecule has 0 unspecified atom stereocenters. The maximum absolute atomic E-state index is 9.91. The number of halogens is 2. The van der Waals surface area contributed by atoms with Gasteiger partial charge in [-0.3, -0.25) is 4.79 Å². The Morgan fingerprint density at radius 3 is 1.71 bits per heavy atom. The molecule has 0 saturated heterocycles. The first-order valence-electron chi connectivity index (χ1n) is 3.94. The fourth-order valence-corrected chi connectivity index (χ4v) is 0.560. The summed E-state index contributed by atoms with van der Waals surface area (Å²) in [4.78, 5) is 9.91. The average molecular weight is 237 g/mol. The minimum absolute atomic E-state index is 0. The molecule has 0 fully saturated rings. The maximum Gasteiger partial charge on any atom is 0.224 e. The molecule has 0 bridgehead atoms. The molecule has 0 aliphatic carbocycles. The fraction of sp³-hybridized carbons (Fsp3) is 0.300. The highest BCUT2D eigenvalue weighted by Crippen LogP contribution is 2.03. The third-order valence-electron chi connectivity index (χ3n) is 1.19. The molecule has 0 atom stereocenters. The van der Waals surface area contributed by atoms with Crippen LogP contribution in [0.15, 0.2) is 30.3 Å². The van der Waals surface area contributed by atoms with Crippen LogP contribution in [-0.4, -0.2) is 10.7 Å². The van der Waals surface area contributed by atoms with Gasteiger partial charge in [-0.15, -0.1) is 0 Å². The third kappa shape index (κ3) is 9.52. The Morgan fingerprint density at radius 1 is 1.21 bits per heavy atom. The lowest BCUT2D eigenvalue weighted by molar-refractivity contribution is -0.114. The summed E-state index contributed by atoms with van der Waals surface area (Å²) in [6, 6.07) is 9.44. The van der Waals surface area contributed by atoms with Crippen molar-refractivity contribution < 1.29 is 10.3 Å². The van der Waals surface area contributed by atoms with Crippen LogP contribution in [0.1, 0.15) is 13.8 Å². The molecule has 2 N–H and O–H groups in total. The molecule has 80 valence electrons. The van der Waals surface area contributed by atoms with E-state index in [4.69, 9.17) is 23.2 Å². The van der Waals surface area contributed by atoms with Crippen LogP contribution in [0.5, 0.6) is 0 Å². The second-order valence-corrected chi connectivity index (χ2v) is 3.56. The first-order valence-corrected chi connectivity index (χ1v) is 4.69. The summed E-state index contributed by atoms with van der Waals surface area (Å²) in [5.74, 6) is -0.0216. The van der Waals surface area contributed by atoms with E-state index in [-0.39, 0.29) is 16.6 Å². The van der Waals surface area contributed by atoms with Gasteiger partial charge in [0.25, 0.3) is 0 Å². The zero-order valence-electron chi connectivity index (χ0n) is 8.13. The number of benzene rings is 1. The van der Waals surface area contributed by atoms with Gasteiger partial charge >= 0.3 is 0 Å². The topological polar surface area (TPSA) is 48.6 Å². The molecule has 0 amide bonds. The highest BCUT2D eigenvalue weighted by Gasteiger charge is 1.98. The van der Waals surface area contributed by atoms with Gasteiger partial charge < -0.3 is 5.48 Å². The number of carbonyl (C=O) groups excluding carboxylic acids is 1. The van der Waals surface area contributed by atoms with Crippen LogP contribution in [0.2, 0.25) is 5.02 Å². The van der Waals surface area contributed by atoms with Gasteiger partial charge in [-0.1, -0.05) is 43.6 Å². The zero-order valence-corrected chi connectivity index (χ0v) is 9.64. The lowest BCUT2D eigenvalue weighted by Crippen LogP contribution is -1.95. The van der Waals surface area contributed by atoms with Gasteiger partial charge in [0.15, 0.2) is 0 Å². The highest BCUT2D eigenvalue weighted by atomic mass is 35.5. The lowest BCUT2D eigenvalue weighted by atomic mass is 10.3. The van der Waals surface area contributed by atoms with Crippen molar-refractivity contribution in [1.82, 2.24) is 0 Å². The van der Waals surface area contributed by atoms with Crippen LogP contribution in [-0.2, 0) is 4.79 Å². The molecule has 4 heteroatoms. The summed E-state index contributed by atoms with van der Waals surface area (Å²) < 4.78 is 0. The van der Waals surface area contributed by atoms with E-state index >= 15 is 0 Å². The van der Waals surface area contributed by atoms with Gasteiger partial charge in [0, 0.05) is 10.9 Å². The number of rotatable bonds is 1. The molecule has 1 rings (SSSR count). The van der Waals surface area contributed by atoms with E-state index in [1.165, 1.54) is 0 Å². The normalized spacial score (nSPS) is 8.36. The summed E-state index contributed by atoms with van der Waals surface area (Å²) >= 11 is 10.5. The van der Waals surface area contributed by atoms with Gasteiger partial charge in [-0.05, 0) is 23.7 Å². The molecule has 14 heavy (non-hydrogen) atoms. The molecule has 0 spiro atoms. The number of carbonyl (C=O) groups is 1. The molecule has 0 radical (unpaired) electrons. The predicted octanol–water partition coefficient (Wildman–Crippen LogP) is 2.92. The van der Waals surface area contributed by atoms with E-state index in [0.717, 1.165) is 5.02 Å². The Bertz CT molecular complexity index is 248. The molecule has 1 aromatic rings. The van der Waals surface area contributed by atoms with Gasteiger partial charge in [0.2, 0.25) is 5.24 Å². The minimum Gasteiger partial charge on any atom is -0.412 e. The SMILES string of the molecule is CC(C)C(=O)Cl.Clc1ccccc1.O. The first kappa shape index (κ1) is 15.9. The van der Waals surface area contributed by atoms with Crippen LogP contribution in [0.4, 0.5) is 0 Å². The average Bonchev–Trinajstić information content (AvgIpc) is 2.06. The smallest absolute Gasteiger partial charge is 0.224 e. The summed E-state index contributed by atoms with van der Waals surface area (Å²) in [5, 5.41) is 0.525. The summed E-state index contributed by atoms with van der Waals surface area (Å²) in [6.07, 6.45) is 0. The zero-order chi connectivity index (χ0) is 10.3. The molecule has 0 saturated carbocycles. The standard InChI is InChI=1S/C6H5Cl.C4H7ClO.H2O/c7-6-4-2-1-3-5-6;1-3(2)4(5)6;/h1-5H;3H,1-2H3;1H2. The van der Waals surface area contributed by atoms with Crippen molar-refractivity contribution in [2.45, 2.75) is 13.8 Å². The third-order valence-corrected chi connectivity index (χ3v) is 1.88. The van der Waals surface area contributed by atoms with E-state index in [1.807, 2.05) is 30.3 Å². The molecule has 2 nitrogen and oxygen atoms in total. The van der Waals surface area contributed by atoms with Crippen LogP contribution in [0, 0.1) is 5.92 Å². The summed E-state index contributed by atoms with van der Waals surface area (Å²) in [7, 11) is 0. The van der Waals surface area contributed by atoms with Gasteiger partial charge in [-0.25, -0.2) is 0 Å². The monoisotopic (exact) mass is 236 g/mol. The Labute approximate surface area is 94.1 Å². The summed E-state index contributed by atoms with van der Waals surface area (Å²) in [6.45, 7) is 3.52. The Morgan fingerprint density at radius 2 is 1.57 bits per heavy atom. The quantitative estimate of drug-likeness (QED) is 0.692. The van der Waals surface area contributed by atoms with Gasteiger partial charge in [0.05, 0.1) is 0 Å². The first-order chi connectivity index (χ1) is 6.04. The molecular formula is C10H14Cl2O2. The second-order valence-electron chi connectivity index (χ2n) is 2.75. The van der Waals surface area contributed by atoms with Crippen molar-refractivity contribution in [2.75, 3.05) is 0 Å². The van der Waals surface area contributed by atoms with E-state index in [0.29, 0.717) is 0 Å². The van der Waals surface area contributed by atoms with Crippen molar-refractivity contribution in [3.63, 3.8) is 0 Å². The Hall–Kier alpha value is -0.570. The van der Waals surface area contributed by atoms with E-state index < -0.39 is 0 Å². The highest BCUT2D eigenvalue weighted by molar-refractivity contribution is 6.63. The molecule has 0 aliphatic heterocycles. The van der Waals surface area contributed by atoms with Crippen molar-refractivity contribution in [3.05, 3.63) is 35.4 Å².